The largest absolute Gasteiger partial charge is 0.419 e. The summed E-state index contributed by atoms with van der Waals surface area (Å²) in [6.07, 6.45) is 0. The number of aromatic nitrogens is 2. The van der Waals surface area contributed by atoms with Gasteiger partial charge in [-0.1, -0.05) is 32.0 Å². The molecule has 0 saturated carbocycles. The highest BCUT2D eigenvalue weighted by Gasteiger charge is 2.35. The quantitative estimate of drug-likeness (QED) is 0.912. The van der Waals surface area contributed by atoms with E-state index in [0.29, 0.717) is 30.2 Å². The van der Waals surface area contributed by atoms with Crippen LogP contribution in [0.15, 0.2) is 34.7 Å². The summed E-state index contributed by atoms with van der Waals surface area (Å²) in [5, 5.41) is 11.4. The number of carbonyl (C=O) groups is 1. The van der Waals surface area contributed by atoms with E-state index in [1.165, 1.54) is 0 Å². The van der Waals surface area contributed by atoms with Crippen LogP contribution in [0.25, 0.3) is 11.5 Å². The number of hydrogen-bond acceptors (Lipinski definition) is 5. The maximum absolute atomic E-state index is 11.4. The molecule has 1 saturated heterocycles. The van der Waals surface area contributed by atoms with E-state index in [-0.39, 0.29) is 11.9 Å². The van der Waals surface area contributed by atoms with E-state index in [0.717, 1.165) is 18.7 Å². The zero-order chi connectivity index (χ0) is 17.1. The minimum atomic E-state index is 0.0247. The maximum Gasteiger partial charge on any atom is 0.247 e. The van der Waals surface area contributed by atoms with Crippen LogP contribution in [0.1, 0.15) is 26.7 Å². The second-order valence-electron chi connectivity index (χ2n) is 6.78. The first-order valence-corrected chi connectivity index (χ1v) is 8.40. The lowest BCUT2D eigenvalue weighted by molar-refractivity contribution is -0.119. The summed E-state index contributed by atoms with van der Waals surface area (Å²) < 4.78 is 5.79. The number of likely N-dealkylation sites (tertiary alicyclic amines) is 1. The standard InChI is InChI=1S/C18H24N4O2/c1-12(2)15-9-22(10-16(15)19-13(3)23)11-17-20-21-18(24-17)14-7-5-4-6-8-14/h4-8,12,15-16H,9-11H2,1-3H3,(H,19,23)/t15-,16+/m0/s1. The zero-order valence-corrected chi connectivity index (χ0v) is 14.4. The molecule has 1 aromatic carbocycles. The van der Waals surface area contributed by atoms with Crippen LogP contribution in [0.5, 0.6) is 0 Å². The van der Waals surface area contributed by atoms with Crippen LogP contribution in [0.2, 0.25) is 0 Å². The average molecular weight is 328 g/mol. The molecule has 3 rings (SSSR count). The van der Waals surface area contributed by atoms with Crippen LogP contribution in [0, 0.1) is 11.8 Å². The fourth-order valence-corrected chi connectivity index (χ4v) is 3.34. The van der Waals surface area contributed by atoms with Crippen LogP contribution in [-0.2, 0) is 11.3 Å². The number of rotatable bonds is 5. The Bertz CT molecular complexity index is 683. The van der Waals surface area contributed by atoms with Gasteiger partial charge in [-0.3, -0.25) is 9.69 Å². The SMILES string of the molecule is CC(=O)N[C@@H]1CN(Cc2nnc(-c3ccccc3)o2)C[C@H]1C(C)C. The van der Waals surface area contributed by atoms with E-state index in [1.807, 2.05) is 30.3 Å². The molecule has 6 heteroatoms. The highest BCUT2D eigenvalue weighted by molar-refractivity contribution is 5.73. The maximum atomic E-state index is 11.4. The molecule has 2 aromatic rings. The Balaban J connectivity index is 1.66. The number of carbonyl (C=O) groups excluding carboxylic acids is 1. The predicted octanol–water partition coefficient (Wildman–Crippen LogP) is 2.33. The van der Waals surface area contributed by atoms with Crippen LogP contribution < -0.4 is 5.32 Å². The molecule has 1 aliphatic rings. The van der Waals surface area contributed by atoms with E-state index in [2.05, 4.69) is 34.3 Å². The fourth-order valence-electron chi connectivity index (χ4n) is 3.34. The van der Waals surface area contributed by atoms with Gasteiger partial charge in [0.2, 0.25) is 17.7 Å². The first-order chi connectivity index (χ1) is 11.5. The van der Waals surface area contributed by atoms with Crippen molar-refractivity contribution in [2.75, 3.05) is 13.1 Å². The smallest absolute Gasteiger partial charge is 0.247 e. The third-order valence-corrected chi connectivity index (χ3v) is 4.53. The molecule has 1 aromatic heterocycles. The van der Waals surface area contributed by atoms with Gasteiger partial charge in [0.05, 0.1) is 6.54 Å². The van der Waals surface area contributed by atoms with Gasteiger partial charge in [-0.05, 0) is 24.0 Å². The molecule has 0 aliphatic carbocycles. The Morgan fingerprint density at radius 1 is 1.29 bits per heavy atom. The summed E-state index contributed by atoms with van der Waals surface area (Å²) in [7, 11) is 0. The van der Waals surface area contributed by atoms with Gasteiger partial charge < -0.3 is 9.73 Å². The zero-order valence-electron chi connectivity index (χ0n) is 14.4. The summed E-state index contributed by atoms with van der Waals surface area (Å²) >= 11 is 0. The third kappa shape index (κ3) is 3.82. The molecule has 1 N–H and O–H groups in total. The molecule has 24 heavy (non-hydrogen) atoms. The number of nitrogens with one attached hydrogen (secondary N) is 1. The van der Waals surface area contributed by atoms with Crippen molar-refractivity contribution < 1.29 is 9.21 Å². The van der Waals surface area contributed by atoms with E-state index in [1.54, 1.807) is 6.92 Å². The number of amides is 1. The lowest BCUT2D eigenvalue weighted by Crippen LogP contribution is -2.40. The van der Waals surface area contributed by atoms with Crippen molar-refractivity contribution in [2.24, 2.45) is 11.8 Å². The molecule has 2 atom stereocenters. The van der Waals surface area contributed by atoms with Crippen molar-refractivity contribution in [3.8, 4) is 11.5 Å². The predicted molar refractivity (Wildman–Crippen MR) is 90.9 cm³/mol. The number of nitrogens with zero attached hydrogens (tertiary/aromatic N) is 3. The van der Waals surface area contributed by atoms with E-state index >= 15 is 0 Å². The van der Waals surface area contributed by atoms with Crippen molar-refractivity contribution in [1.29, 1.82) is 0 Å². The van der Waals surface area contributed by atoms with Crippen LogP contribution in [0.4, 0.5) is 0 Å². The summed E-state index contributed by atoms with van der Waals surface area (Å²) in [4.78, 5) is 13.7. The molecule has 2 heterocycles. The molecule has 0 radical (unpaired) electrons. The van der Waals surface area contributed by atoms with Gasteiger partial charge in [-0.15, -0.1) is 10.2 Å². The second-order valence-corrected chi connectivity index (χ2v) is 6.78. The monoisotopic (exact) mass is 328 g/mol. The normalized spacial score (nSPS) is 21.3. The van der Waals surface area contributed by atoms with Gasteiger partial charge >= 0.3 is 0 Å². The molecule has 1 amide bonds. The van der Waals surface area contributed by atoms with Crippen molar-refractivity contribution in [3.63, 3.8) is 0 Å². The Morgan fingerprint density at radius 3 is 2.71 bits per heavy atom. The van der Waals surface area contributed by atoms with Crippen molar-refractivity contribution in [1.82, 2.24) is 20.4 Å². The second kappa shape index (κ2) is 7.13. The molecule has 0 spiro atoms. The molecule has 0 unspecified atom stereocenters. The van der Waals surface area contributed by atoms with Gasteiger partial charge in [0, 0.05) is 31.6 Å². The summed E-state index contributed by atoms with van der Waals surface area (Å²) in [6.45, 7) is 8.31. The van der Waals surface area contributed by atoms with Crippen molar-refractivity contribution in [3.05, 3.63) is 36.2 Å². The molecule has 0 bridgehead atoms. The Labute approximate surface area is 142 Å². The van der Waals surface area contributed by atoms with Gasteiger partial charge in [0.1, 0.15) is 0 Å². The number of benzene rings is 1. The van der Waals surface area contributed by atoms with Crippen LogP contribution >= 0.6 is 0 Å². The van der Waals surface area contributed by atoms with Crippen molar-refractivity contribution in [2.45, 2.75) is 33.4 Å². The summed E-state index contributed by atoms with van der Waals surface area (Å²) in [5.41, 5.74) is 0.925. The van der Waals surface area contributed by atoms with Crippen LogP contribution in [-0.4, -0.2) is 40.1 Å². The third-order valence-electron chi connectivity index (χ3n) is 4.53. The summed E-state index contributed by atoms with van der Waals surface area (Å²) in [6, 6.07) is 9.94. The Morgan fingerprint density at radius 2 is 2.04 bits per heavy atom. The molecular weight excluding hydrogens is 304 g/mol. The van der Waals surface area contributed by atoms with E-state index in [9.17, 15) is 4.79 Å². The first kappa shape index (κ1) is 16.6. The molecule has 1 fully saturated rings. The summed E-state index contributed by atoms with van der Waals surface area (Å²) in [5.74, 6) is 2.12. The molecule has 1 aliphatic heterocycles. The highest BCUT2D eigenvalue weighted by Crippen LogP contribution is 2.26. The highest BCUT2D eigenvalue weighted by atomic mass is 16.4. The minimum Gasteiger partial charge on any atom is -0.419 e. The topological polar surface area (TPSA) is 71.3 Å². The van der Waals surface area contributed by atoms with Crippen LogP contribution in [0.3, 0.4) is 0 Å². The fraction of sp³-hybridized carbons (Fsp3) is 0.500. The van der Waals surface area contributed by atoms with Gasteiger partial charge in [0.25, 0.3) is 0 Å². The first-order valence-electron chi connectivity index (χ1n) is 8.40. The van der Waals surface area contributed by atoms with Crippen molar-refractivity contribution >= 4 is 5.91 Å². The minimum absolute atomic E-state index is 0.0247. The molecular formula is C18H24N4O2. The lowest BCUT2D eigenvalue weighted by Gasteiger charge is -2.22. The average Bonchev–Trinajstić information content (AvgIpc) is 3.15. The molecule has 128 valence electrons. The Hall–Kier alpha value is -2.21. The van der Waals surface area contributed by atoms with Gasteiger partial charge in [-0.2, -0.15) is 0 Å². The van der Waals surface area contributed by atoms with E-state index in [4.69, 9.17) is 4.42 Å². The van der Waals surface area contributed by atoms with Gasteiger partial charge in [0.15, 0.2) is 0 Å². The molecule has 6 nitrogen and oxygen atoms in total. The number of hydrogen-bond donors (Lipinski definition) is 1. The van der Waals surface area contributed by atoms with E-state index < -0.39 is 0 Å². The lowest BCUT2D eigenvalue weighted by atomic mass is 9.91. The van der Waals surface area contributed by atoms with Gasteiger partial charge in [-0.25, -0.2) is 0 Å². The Kier molecular flexibility index (Phi) is 4.94.